The zero-order valence-electron chi connectivity index (χ0n) is 10.2. The van der Waals surface area contributed by atoms with Crippen molar-refractivity contribution in [3.05, 3.63) is 0 Å². The Bertz CT molecular complexity index is 344. The van der Waals surface area contributed by atoms with E-state index in [4.69, 9.17) is 10.2 Å². The number of urea groups is 1. The number of amides is 2. The summed E-state index contributed by atoms with van der Waals surface area (Å²) in [4.78, 5) is 32.6. The molecule has 0 saturated heterocycles. The van der Waals surface area contributed by atoms with Crippen molar-refractivity contribution in [3.63, 3.8) is 0 Å². The van der Waals surface area contributed by atoms with Gasteiger partial charge in [0.25, 0.3) is 0 Å². The Morgan fingerprint density at radius 2 is 1.94 bits per heavy atom. The highest BCUT2D eigenvalue weighted by Gasteiger charge is 2.32. The second-order valence-electron chi connectivity index (χ2n) is 4.65. The number of rotatable bonds is 7. The molecule has 0 aromatic carbocycles. The third kappa shape index (κ3) is 5.03. The van der Waals surface area contributed by atoms with Gasteiger partial charge in [-0.05, 0) is 24.7 Å². The largest absolute Gasteiger partial charge is 0.481 e. The summed E-state index contributed by atoms with van der Waals surface area (Å²) in [5.74, 6) is -1.24. The van der Waals surface area contributed by atoms with Gasteiger partial charge in [0.15, 0.2) is 0 Å². The van der Waals surface area contributed by atoms with Crippen LogP contribution in [0.15, 0.2) is 0 Å². The minimum absolute atomic E-state index is 0.127. The summed E-state index contributed by atoms with van der Waals surface area (Å²) in [5.41, 5.74) is 0. The quantitative estimate of drug-likeness (QED) is 0.522. The molecule has 0 heterocycles. The summed E-state index contributed by atoms with van der Waals surface area (Å²) in [6, 6.07) is -1.73. The lowest BCUT2D eigenvalue weighted by Gasteiger charge is -2.14. The van der Waals surface area contributed by atoms with Gasteiger partial charge in [0.2, 0.25) is 0 Å². The molecule has 18 heavy (non-hydrogen) atoms. The topological polar surface area (TPSA) is 116 Å². The predicted molar refractivity (Wildman–Crippen MR) is 62.1 cm³/mol. The average Bonchev–Trinajstić information content (AvgIpc) is 2.97. The van der Waals surface area contributed by atoms with E-state index in [2.05, 4.69) is 17.6 Å². The minimum atomic E-state index is -1.23. The fourth-order valence-corrected chi connectivity index (χ4v) is 1.64. The molecule has 1 aliphatic rings. The molecular formula is C11H18N2O5. The van der Waals surface area contributed by atoms with Crippen LogP contribution in [0.5, 0.6) is 0 Å². The highest BCUT2D eigenvalue weighted by atomic mass is 16.4. The smallest absolute Gasteiger partial charge is 0.326 e. The first-order valence-electron chi connectivity index (χ1n) is 5.89. The molecule has 1 rings (SSSR count). The van der Waals surface area contributed by atoms with Gasteiger partial charge < -0.3 is 20.8 Å². The van der Waals surface area contributed by atoms with E-state index >= 15 is 0 Å². The summed E-state index contributed by atoms with van der Waals surface area (Å²) < 4.78 is 0. The van der Waals surface area contributed by atoms with E-state index in [0.717, 1.165) is 6.42 Å². The third-order valence-corrected chi connectivity index (χ3v) is 3.05. The average molecular weight is 258 g/mol. The monoisotopic (exact) mass is 258 g/mol. The number of carboxylic acid groups (broad SMARTS) is 2. The zero-order chi connectivity index (χ0) is 13.7. The Hall–Kier alpha value is -1.79. The van der Waals surface area contributed by atoms with Crippen molar-refractivity contribution in [1.29, 1.82) is 0 Å². The van der Waals surface area contributed by atoms with Gasteiger partial charge in [-0.3, -0.25) is 4.79 Å². The number of carbonyl (C=O) groups excluding carboxylic acids is 1. The van der Waals surface area contributed by atoms with Crippen molar-refractivity contribution in [1.82, 2.24) is 10.6 Å². The summed E-state index contributed by atoms with van der Waals surface area (Å²) in [5, 5.41) is 22.1. The maximum absolute atomic E-state index is 11.4. The Morgan fingerprint density at radius 3 is 2.39 bits per heavy atom. The number of carboxylic acids is 2. The van der Waals surface area contributed by atoms with E-state index < -0.39 is 24.0 Å². The highest BCUT2D eigenvalue weighted by Crippen LogP contribution is 2.36. The van der Waals surface area contributed by atoms with Crippen LogP contribution in [0.3, 0.4) is 0 Å². The van der Waals surface area contributed by atoms with Crippen LogP contribution in [0.25, 0.3) is 0 Å². The Balaban J connectivity index is 2.28. The zero-order valence-corrected chi connectivity index (χ0v) is 10.2. The van der Waals surface area contributed by atoms with Crippen LogP contribution < -0.4 is 10.6 Å². The van der Waals surface area contributed by atoms with Crippen LogP contribution >= 0.6 is 0 Å². The van der Waals surface area contributed by atoms with Gasteiger partial charge in [0.1, 0.15) is 6.04 Å². The van der Waals surface area contributed by atoms with Gasteiger partial charge in [-0.1, -0.05) is 6.92 Å². The third-order valence-electron chi connectivity index (χ3n) is 3.05. The molecule has 1 aliphatic carbocycles. The maximum Gasteiger partial charge on any atom is 0.326 e. The van der Waals surface area contributed by atoms with Gasteiger partial charge in [0, 0.05) is 13.0 Å². The van der Waals surface area contributed by atoms with Gasteiger partial charge in [-0.2, -0.15) is 0 Å². The molecule has 1 saturated carbocycles. The first kappa shape index (κ1) is 14.3. The first-order valence-corrected chi connectivity index (χ1v) is 5.89. The summed E-state index contributed by atoms with van der Waals surface area (Å²) in [7, 11) is 0. The van der Waals surface area contributed by atoms with Gasteiger partial charge in [0.05, 0.1) is 0 Å². The number of nitrogens with one attached hydrogen (secondary N) is 2. The fraction of sp³-hybridized carbons (Fsp3) is 0.727. The van der Waals surface area contributed by atoms with Crippen LogP contribution in [0.2, 0.25) is 0 Å². The molecular weight excluding hydrogens is 240 g/mol. The van der Waals surface area contributed by atoms with Crippen LogP contribution in [0.1, 0.15) is 26.2 Å². The first-order chi connectivity index (χ1) is 8.40. The molecule has 1 fully saturated rings. The number of aliphatic carboxylic acids is 2. The number of hydrogen-bond acceptors (Lipinski definition) is 3. The highest BCUT2D eigenvalue weighted by molar-refractivity contribution is 5.83. The molecule has 2 amide bonds. The Labute approximate surface area is 105 Å². The number of carbonyl (C=O) groups is 3. The van der Waals surface area contributed by atoms with E-state index in [0.29, 0.717) is 18.4 Å². The molecule has 3 unspecified atom stereocenters. The molecule has 0 spiro atoms. The van der Waals surface area contributed by atoms with Gasteiger partial charge in [-0.25, -0.2) is 9.59 Å². The van der Waals surface area contributed by atoms with Crippen molar-refractivity contribution < 1.29 is 24.6 Å². The Morgan fingerprint density at radius 1 is 1.33 bits per heavy atom. The van der Waals surface area contributed by atoms with Crippen LogP contribution in [-0.4, -0.2) is 40.8 Å². The van der Waals surface area contributed by atoms with E-state index in [1.165, 1.54) is 0 Å². The maximum atomic E-state index is 11.4. The van der Waals surface area contributed by atoms with E-state index in [1.54, 1.807) is 0 Å². The lowest BCUT2D eigenvalue weighted by Crippen LogP contribution is -2.46. The van der Waals surface area contributed by atoms with Crippen LogP contribution in [-0.2, 0) is 9.59 Å². The molecule has 0 aliphatic heterocycles. The molecule has 0 bridgehead atoms. The van der Waals surface area contributed by atoms with Crippen molar-refractivity contribution in [2.45, 2.75) is 32.2 Å². The minimum Gasteiger partial charge on any atom is -0.481 e. The molecule has 0 radical (unpaired) electrons. The van der Waals surface area contributed by atoms with E-state index in [9.17, 15) is 14.4 Å². The molecule has 7 nitrogen and oxygen atoms in total. The van der Waals surface area contributed by atoms with Crippen molar-refractivity contribution in [3.8, 4) is 0 Å². The standard InChI is InChI=1S/C11H18N2O5/c1-6-4-7(6)5-12-11(18)13-8(10(16)17)2-3-9(14)15/h6-8H,2-5H2,1H3,(H,14,15)(H,16,17)(H2,12,13,18). The molecule has 0 aromatic heterocycles. The van der Waals surface area contributed by atoms with Crippen LogP contribution in [0.4, 0.5) is 4.79 Å². The predicted octanol–water partition coefficient (Wildman–Crippen LogP) is 0.260. The van der Waals surface area contributed by atoms with E-state index in [1.807, 2.05) is 0 Å². The van der Waals surface area contributed by atoms with Gasteiger partial charge >= 0.3 is 18.0 Å². The normalized spacial score (nSPS) is 22.9. The molecule has 7 heteroatoms. The van der Waals surface area contributed by atoms with Crippen molar-refractivity contribution in [2.24, 2.45) is 11.8 Å². The second-order valence-corrected chi connectivity index (χ2v) is 4.65. The second kappa shape index (κ2) is 6.23. The van der Waals surface area contributed by atoms with Gasteiger partial charge in [-0.15, -0.1) is 0 Å². The fourth-order valence-electron chi connectivity index (χ4n) is 1.64. The summed E-state index contributed by atoms with van der Waals surface area (Å²) in [6.45, 7) is 2.61. The summed E-state index contributed by atoms with van der Waals surface area (Å²) >= 11 is 0. The molecule has 4 N–H and O–H groups in total. The van der Waals surface area contributed by atoms with Crippen molar-refractivity contribution in [2.75, 3.05) is 6.54 Å². The van der Waals surface area contributed by atoms with Crippen LogP contribution in [0, 0.1) is 11.8 Å². The SMILES string of the molecule is CC1CC1CNC(=O)NC(CCC(=O)O)C(=O)O. The van der Waals surface area contributed by atoms with E-state index in [-0.39, 0.29) is 12.8 Å². The molecule has 3 atom stereocenters. The lowest BCUT2D eigenvalue weighted by molar-refractivity contribution is -0.140. The lowest BCUT2D eigenvalue weighted by atomic mass is 10.1. The molecule has 102 valence electrons. The Kier molecular flexibility index (Phi) is 4.94. The number of hydrogen-bond donors (Lipinski definition) is 4. The van der Waals surface area contributed by atoms with Crippen molar-refractivity contribution >= 4 is 18.0 Å². The summed E-state index contributed by atoms with van der Waals surface area (Å²) in [6.07, 6.45) is 0.649. The molecule has 0 aromatic rings.